The van der Waals surface area contributed by atoms with Gasteiger partial charge in [0.05, 0.1) is 17.7 Å². The van der Waals surface area contributed by atoms with Crippen LogP contribution in [0.15, 0.2) is 36.5 Å². The van der Waals surface area contributed by atoms with Crippen molar-refractivity contribution in [3.05, 3.63) is 47.1 Å². The van der Waals surface area contributed by atoms with Crippen molar-refractivity contribution in [2.45, 2.75) is 0 Å². The Morgan fingerprint density at radius 2 is 2.14 bits per heavy atom. The summed E-state index contributed by atoms with van der Waals surface area (Å²) in [6, 6.07) is 8.86. The zero-order valence-electron chi connectivity index (χ0n) is 12.1. The summed E-state index contributed by atoms with van der Waals surface area (Å²) in [4.78, 5) is 18.1. The largest absolute Gasteiger partial charge is 0.497 e. The first-order valence-electron chi connectivity index (χ1n) is 6.32. The molecule has 0 aliphatic heterocycles. The molecule has 1 aromatic carbocycles. The second kappa shape index (κ2) is 6.45. The molecule has 5 nitrogen and oxygen atoms in total. The number of pyridine rings is 1. The van der Waals surface area contributed by atoms with E-state index in [0.717, 1.165) is 5.69 Å². The van der Waals surface area contributed by atoms with Crippen LogP contribution in [0.4, 0.5) is 11.5 Å². The number of hydrogen-bond acceptors (Lipinski definition) is 4. The molecule has 2 rings (SSSR count). The van der Waals surface area contributed by atoms with Crippen LogP contribution in [-0.2, 0) is 0 Å². The van der Waals surface area contributed by atoms with Crippen LogP contribution in [0, 0.1) is 0 Å². The van der Waals surface area contributed by atoms with Crippen LogP contribution >= 0.6 is 11.6 Å². The molecule has 0 saturated heterocycles. The Hall–Kier alpha value is -2.27. The molecule has 1 heterocycles. The summed E-state index contributed by atoms with van der Waals surface area (Å²) in [6.07, 6.45) is 1.50. The standard InChI is InChI=1S/C15H16ClN3O2/c1-17-14-13(16)7-10(9-18-14)15(20)19(2)11-5-4-6-12(8-11)21-3/h4-9H,1-3H3,(H,17,18). The number of halogens is 1. The maximum atomic E-state index is 12.5. The van der Waals surface area contributed by atoms with Gasteiger partial charge in [-0.15, -0.1) is 0 Å². The van der Waals surface area contributed by atoms with E-state index in [1.165, 1.54) is 11.1 Å². The van der Waals surface area contributed by atoms with E-state index >= 15 is 0 Å². The average Bonchev–Trinajstić information content (AvgIpc) is 2.53. The Balaban J connectivity index is 2.28. The second-order valence-corrected chi connectivity index (χ2v) is 4.78. The summed E-state index contributed by atoms with van der Waals surface area (Å²) in [6.45, 7) is 0. The molecule has 21 heavy (non-hydrogen) atoms. The topological polar surface area (TPSA) is 54.5 Å². The molecular weight excluding hydrogens is 290 g/mol. The number of methoxy groups -OCH3 is 1. The van der Waals surface area contributed by atoms with E-state index in [1.54, 1.807) is 33.3 Å². The van der Waals surface area contributed by atoms with Crippen molar-refractivity contribution < 1.29 is 9.53 Å². The fraction of sp³-hybridized carbons (Fsp3) is 0.200. The van der Waals surface area contributed by atoms with Gasteiger partial charge in [-0.1, -0.05) is 17.7 Å². The maximum Gasteiger partial charge on any atom is 0.259 e. The highest BCUT2D eigenvalue weighted by molar-refractivity contribution is 6.33. The highest BCUT2D eigenvalue weighted by atomic mass is 35.5. The van der Waals surface area contributed by atoms with Crippen LogP contribution in [0.1, 0.15) is 10.4 Å². The number of carbonyl (C=O) groups excluding carboxylic acids is 1. The Labute approximate surface area is 128 Å². The minimum absolute atomic E-state index is 0.194. The number of rotatable bonds is 4. The van der Waals surface area contributed by atoms with Crippen LogP contribution in [-0.4, -0.2) is 32.1 Å². The van der Waals surface area contributed by atoms with Crippen molar-refractivity contribution in [2.75, 3.05) is 31.4 Å². The normalized spacial score (nSPS) is 10.1. The lowest BCUT2D eigenvalue weighted by atomic mass is 10.2. The zero-order valence-corrected chi connectivity index (χ0v) is 12.8. The highest BCUT2D eigenvalue weighted by Gasteiger charge is 2.16. The van der Waals surface area contributed by atoms with Gasteiger partial charge in [0.15, 0.2) is 0 Å². The Morgan fingerprint density at radius 1 is 1.38 bits per heavy atom. The van der Waals surface area contributed by atoms with Crippen LogP contribution in [0.25, 0.3) is 0 Å². The van der Waals surface area contributed by atoms with Gasteiger partial charge in [0.2, 0.25) is 0 Å². The fourth-order valence-corrected chi connectivity index (χ4v) is 2.13. The number of ether oxygens (including phenoxy) is 1. The van der Waals surface area contributed by atoms with E-state index in [4.69, 9.17) is 16.3 Å². The second-order valence-electron chi connectivity index (χ2n) is 4.37. The van der Waals surface area contributed by atoms with E-state index in [2.05, 4.69) is 10.3 Å². The van der Waals surface area contributed by atoms with Gasteiger partial charge in [-0.2, -0.15) is 0 Å². The number of anilines is 2. The first-order valence-corrected chi connectivity index (χ1v) is 6.70. The van der Waals surface area contributed by atoms with Gasteiger partial charge in [-0.25, -0.2) is 4.98 Å². The predicted molar refractivity (Wildman–Crippen MR) is 84.5 cm³/mol. The summed E-state index contributed by atoms with van der Waals surface area (Å²) >= 11 is 6.06. The lowest BCUT2D eigenvalue weighted by molar-refractivity contribution is 0.0992. The SMILES string of the molecule is CNc1ncc(C(=O)N(C)c2cccc(OC)c2)cc1Cl. The van der Waals surface area contributed by atoms with E-state index in [-0.39, 0.29) is 5.91 Å². The van der Waals surface area contributed by atoms with Crippen molar-refractivity contribution in [1.29, 1.82) is 0 Å². The third-order valence-corrected chi connectivity index (χ3v) is 3.36. The first kappa shape index (κ1) is 15.1. The smallest absolute Gasteiger partial charge is 0.259 e. The number of nitrogens with one attached hydrogen (secondary N) is 1. The summed E-state index contributed by atoms with van der Waals surface area (Å²) in [7, 11) is 5.00. The van der Waals surface area contributed by atoms with Crippen molar-refractivity contribution in [2.24, 2.45) is 0 Å². The lowest BCUT2D eigenvalue weighted by Crippen LogP contribution is -2.26. The molecule has 0 spiro atoms. The Kier molecular flexibility index (Phi) is 4.65. The third kappa shape index (κ3) is 3.25. The molecule has 0 bridgehead atoms. The minimum Gasteiger partial charge on any atom is -0.497 e. The average molecular weight is 306 g/mol. The molecule has 1 N–H and O–H groups in total. The number of nitrogens with zero attached hydrogens (tertiary/aromatic N) is 2. The van der Waals surface area contributed by atoms with E-state index < -0.39 is 0 Å². The quantitative estimate of drug-likeness (QED) is 0.943. The summed E-state index contributed by atoms with van der Waals surface area (Å²) in [5, 5.41) is 3.26. The van der Waals surface area contributed by atoms with Crippen molar-refractivity contribution >= 4 is 29.0 Å². The number of benzene rings is 1. The van der Waals surface area contributed by atoms with Gasteiger partial charge in [-0.3, -0.25) is 4.79 Å². The van der Waals surface area contributed by atoms with Crippen molar-refractivity contribution in [3.63, 3.8) is 0 Å². The lowest BCUT2D eigenvalue weighted by Gasteiger charge is -2.18. The van der Waals surface area contributed by atoms with Gasteiger partial charge in [-0.05, 0) is 18.2 Å². The fourth-order valence-electron chi connectivity index (χ4n) is 1.87. The maximum absolute atomic E-state index is 12.5. The molecule has 0 radical (unpaired) electrons. The van der Waals surface area contributed by atoms with Crippen molar-refractivity contribution in [1.82, 2.24) is 4.98 Å². The van der Waals surface area contributed by atoms with Crippen molar-refractivity contribution in [3.8, 4) is 5.75 Å². The van der Waals surface area contributed by atoms with Crippen LogP contribution in [0.2, 0.25) is 5.02 Å². The molecule has 2 aromatic rings. The summed E-state index contributed by atoms with van der Waals surface area (Å²) in [5.41, 5.74) is 1.15. The Morgan fingerprint density at radius 3 is 2.76 bits per heavy atom. The van der Waals surface area contributed by atoms with Gasteiger partial charge >= 0.3 is 0 Å². The molecule has 0 fully saturated rings. The monoisotopic (exact) mass is 305 g/mol. The van der Waals surface area contributed by atoms with Crippen LogP contribution in [0.5, 0.6) is 5.75 Å². The third-order valence-electron chi connectivity index (χ3n) is 3.07. The Bertz CT molecular complexity index is 661. The highest BCUT2D eigenvalue weighted by Crippen LogP contribution is 2.24. The summed E-state index contributed by atoms with van der Waals surface area (Å²) < 4.78 is 5.16. The molecule has 0 aliphatic rings. The predicted octanol–water partition coefficient (Wildman–Crippen LogP) is 3.06. The van der Waals surface area contributed by atoms with Gasteiger partial charge in [0.25, 0.3) is 5.91 Å². The number of carbonyl (C=O) groups is 1. The van der Waals surface area contributed by atoms with Crippen LogP contribution < -0.4 is 15.0 Å². The van der Waals surface area contributed by atoms with Gasteiger partial charge in [0.1, 0.15) is 11.6 Å². The number of hydrogen-bond donors (Lipinski definition) is 1. The number of amides is 1. The molecule has 1 aromatic heterocycles. The van der Waals surface area contributed by atoms with E-state index in [9.17, 15) is 4.79 Å². The number of aromatic nitrogens is 1. The molecule has 110 valence electrons. The molecule has 0 aliphatic carbocycles. The molecule has 0 saturated carbocycles. The first-order chi connectivity index (χ1) is 10.1. The van der Waals surface area contributed by atoms with E-state index in [0.29, 0.717) is 22.2 Å². The van der Waals surface area contributed by atoms with Gasteiger partial charge < -0.3 is 15.0 Å². The van der Waals surface area contributed by atoms with E-state index in [1.807, 2.05) is 18.2 Å². The molecule has 0 atom stereocenters. The molecule has 1 amide bonds. The minimum atomic E-state index is -0.194. The molecular formula is C15H16ClN3O2. The van der Waals surface area contributed by atoms with Crippen LogP contribution in [0.3, 0.4) is 0 Å². The zero-order chi connectivity index (χ0) is 15.4. The summed E-state index contributed by atoms with van der Waals surface area (Å²) in [5.74, 6) is 1.03. The molecule has 6 heteroatoms. The molecule has 0 unspecified atom stereocenters. The van der Waals surface area contributed by atoms with Gasteiger partial charge in [0, 0.05) is 32.0 Å².